The molecule has 0 spiro atoms. The Balaban J connectivity index is 2.40. The first-order valence-electron chi connectivity index (χ1n) is 4.73. The predicted octanol–water partition coefficient (Wildman–Crippen LogP) is 2.77. The summed E-state index contributed by atoms with van der Waals surface area (Å²) in [5.41, 5.74) is 6.26. The van der Waals surface area contributed by atoms with E-state index in [9.17, 15) is 5.11 Å². The highest BCUT2D eigenvalue weighted by atomic mass is 35.5. The van der Waals surface area contributed by atoms with E-state index in [-0.39, 0.29) is 0 Å². The third-order valence-electron chi connectivity index (χ3n) is 2.24. The van der Waals surface area contributed by atoms with Crippen molar-refractivity contribution in [2.75, 3.05) is 5.73 Å². The lowest BCUT2D eigenvalue weighted by molar-refractivity contribution is 0.224. The molecule has 2 aromatic heterocycles. The quantitative estimate of drug-likeness (QED) is 0.866. The molecule has 0 bridgehead atoms. The van der Waals surface area contributed by atoms with Crippen LogP contribution in [0.1, 0.15) is 21.4 Å². The van der Waals surface area contributed by atoms with E-state index in [1.165, 1.54) is 17.5 Å². The lowest BCUT2D eigenvalue weighted by Crippen LogP contribution is -2.04. The van der Waals surface area contributed by atoms with Crippen LogP contribution in [0.3, 0.4) is 0 Å². The molecule has 0 aliphatic heterocycles. The number of rotatable bonds is 2. The molecule has 3 N–H and O–H groups in total. The molecule has 3 nitrogen and oxygen atoms in total. The van der Waals surface area contributed by atoms with E-state index in [0.29, 0.717) is 16.4 Å². The van der Waals surface area contributed by atoms with Gasteiger partial charge in [0.15, 0.2) is 0 Å². The van der Waals surface area contributed by atoms with Crippen LogP contribution < -0.4 is 5.73 Å². The molecule has 0 radical (unpaired) electrons. The van der Waals surface area contributed by atoms with Crippen molar-refractivity contribution in [2.24, 2.45) is 0 Å². The molecular formula is C11H11ClN2OS. The number of aromatic nitrogens is 1. The fourth-order valence-corrected chi connectivity index (χ4v) is 2.49. The zero-order chi connectivity index (χ0) is 11.7. The van der Waals surface area contributed by atoms with Gasteiger partial charge in [0.25, 0.3) is 0 Å². The van der Waals surface area contributed by atoms with Gasteiger partial charge in [-0.1, -0.05) is 11.6 Å². The van der Waals surface area contributed by atoms with Crippen LogP contribution in [0, 0.1) is 6.92 Å². The molecule has 0 aliphatic carbocycles. The molecule has 1 unspecified atom stereocenters. The summed E-state index contributed by atoms with van der Waals surface area (Å²) < 4.78 is 0. The van der Waals surface area contributed by atoms with Crippen molar-refractivity contribution in [3.8, 4) is 0 Å². The summed E-state index contributed by atoms with van der Waals surface area (Å²) in [5, 5.41) is 10.6. The number of pyridine rings is 1. The number of anilines is 1. The second kappa shape index (κ2) is 4.41. The van der Waals surface area contributed by atoms with Crippen LogP contribution in [0.2, 0.25) is 5.02 Å². The summed E-state index contributed by atoms with van der Waals surface area (Å²) in [6.07, 6.45) is 0.706. The molecule has 0 saturated heterocycles. The average Bonchev–Trinajstić information content (AvgIpc) is 2.67. The number of thiophene rings is 1. The number of hydrogen-bond acceptors (Lipinski definition) is 4. The molecular weight excluding hydrogens is 244 g/mol. The number of aryl methyl sites for hydroxylation is 1. The van der Waals surface area contributed by atoms with E-state index < -0.39 is 6.10 Å². The Labute approximate surface area is 103 Å². The molecule has 2 aromatic rings. The van der Waals surface area contributed by atoms with Crippen molar-refractivity contribution in [2.45, 2.75) is 13.0 Å². The maximum atomic E-state index is 10.1. The first-order chi connectivity index (χ1) is 7.58. The van der Waals surface area contributed by atoms with Crippen LogP contribution in [-0.4, -0.2) is 10.1 Å². The van der Waals surface area contributed by atoms with Crippen LogP contribution >= 0.6 is 22.9 Å². The van der Waals surface area contributed by atoms with Gasteiger partial charge in [-0.05, 0) is 25.1 Å². The second-order valence-electron chi connectivity index (χ2n) is 3.48. The number of hydrogen-bond donors (Lipinski definition) is 2. The summed E-state index contributed by atoms with van der Waals surface area (Å²) in [4.78, 5) is 5.90. The summed E-state index contributed by atoms with van der Waals surface area (Å²) in [5.74, 6) is 0.308. The normalized spacial score (nSPS) is 12.7. The third-order valence-corrected chi connectivity index (χ3v) is 3.50. The lowest BCUT2D eigenvalue weighted by atomic mass is 10.1. The summed E-state index contributed by atoms with van der Waals surface area (Å²) in [6.45, 7) is 1.99. The minimum atomic E-state index is -0.759. The van der Waals surface area contributed by atoms with Crippen molar-refractivity contribution < 1.29 is 5.11 Å². The monoisotopic (exact) mass is 254 g/mol. The number of halogens is 1. The Morgan fingerprint density at radius 1 is 1.50 bits per heavy atom. The molecule has 1 atom stereocenters. The van der Waals surface area contributed by atoms with Crippen molar-refractivity contribution in [3.63, 3.8) is 0 Å². The molecule has 5 heteroatoms. The van der Waals surface area contributed by atoms with Crippen LogP contribution in [0.5, 0.6) is 0 Å². The van der Waals surface area contributed by atoms with Crippen LogP contribution in [0.4, 0.5) is 5.82 Å². The number of nitrogens with two attached hydrogens (primary N) is 1. The van der Waals surface area contributed by atoms with E-state index in [1.54, 1.807) is 6.07 Å². The highest BCUT2D eigenvalue weighted by molar-refractivity contribution is 7.12. The third kappa shape index (κ3) is 2.19. The Morgan fingerprint density at radius 2 is 2.25 bits per heavy atom. The van der Waals surface area contributed by atoms with E-state index in [0.717, 1.165) is 9.75 Å². The highest BCUT2D eigenvalue weighted by Gasteiger charge is 2.16. The molecule has 0 amide bonds. The predicted molar refractivity (Wildman–Crippen MR) is 66.8 cm³/mol. The zero-order valence-electron chi connectivity index (χ0n) is 8.64. The van der Waals surface area contributed by atoms with Gasteiger partial charge in [0.05, 0.1) is 5.02 Å². The summed E-state index contributed by atoms with van der Waals surface area (Å²) in [6, 6.07) is 5.48. The minimum Gasteiger partial charge on any atom is -0.383 e. The van der Waals surface area contributed by atoms with E-state index in [1.807, 2.05) is 19.1 Å². The van der Waals surface area contributed by atoms with Crippen LogP contribution in [0.15, 0.2) is 24.4 Å². The molecule has 0 aromatic carbocycles. The number of nitrogens with zero attached hydrogens (tertiary/aromatic N) is 1. The lowest BCUT2D eigenvalue weighted by Gasteiger charge is -2.11. The van der Waals surface area contributed by atoms with Crippen molar-refractivity contribution in [1.29, 1.82) is 0 Å². The Kier molecular flexibility index (Phi) is 3.14. The van der Waals surface area contributed by atoms with Gasteiger partial charge in [0, 0.05) is 21.5 Å². The van der Waals surface area contributed by atoms with Crippen molar-refractivity contribution in [1.82, 2.24) is 4.98 Å². The maximum Gasteiger partial charge on any atom is 0.129 e. The Hall–Kier alpha value is -1.10. The molecule has 2 rings (SSSR count). The number of nitrogen functional groups attached to an aromatic ring is 1. The van der Waals surface area contributed by atoms with Gasteiger partial charge in [-0.25, -0.2) is 4.98 Å². The van der Waals surface area contributed by atoms with Gasteiger partial charge < -0.3 is 10.8 Å². The van der Waals surface area contributed by atoms with Crippen LogP contribution in [0.25, 0.3) is 0 Å². The first kappa shape index (κ1) is 11.4. The molecule has 2 heterocycles. The molecule has 16 heavy (non-hydrogen) atoms. The fraction of sp³-hybridized carbons (Fsp3) is 0.182. The number of aliphatic hydroxyl groups excluding tert-OH is 1. The molecule has 84 valence electrons. The average molecular weight is 255 g/mol. The van der Waals surface area contributed by atoms with E-state index in [2.05, 4.69) is 4.98 Å². The molecule has 0 aliphatic rings. The first-order valence-corrected chi connectivity index (χ1v) is 5.92. The zero-order valence-corrected chi connectivity index (χ0v) is 10.2. The summed E-state index contributed by atoms with van der Waals surface area (Å²) in [7, 11) is 0. The standard InChI is InChI=1S/C11H11ClN2OS/c1-6-2-3-9(16-6)10(15)8-4-7(12)5-14-11(8)13/h2-5,10,15H,1H3,(H2,13,14). The topological polar surface area (TPSA) is 59.1 Å². The Bertz CT molecular complexity index is 512. The molecule has 0 saturated carbocycles. The van der Waals surface area contributed by atoms with Gasteiger partial charge in [0.1, 0.15) is 11.9 Å². The Morgan fingerprint density at radius 3 is 2.88 bits per heavy atom. The smallest absolute Gasteiger partial charge is 0.129 e. The maximum absolute atomic E-state index is 10.1. The SMILES string of the molecule is Cc1ccc(C(O)c2cc(Cl)cnc2N)s1. The summed E-state index contributed by atoms with van der Waals surface area (Å²) >= 11 is 7.36. The van der Waals surface area contributed by atoms with Gasteiger partial charge in [-0.3, -0.25) is 0 Å². The second-order valence-corrected chi connectivity index (χ2v) is 5.23. The molecule has 0 fully saturated rings. The minimum absolute atomic E-state index is 0.308. The largest absolute Gasteiger partial charge is 0.383 e. The van der Waals surface area contributed by atoms with Crippen LogP contribution in [-0.2, 0) is 0 Å². The van der Waals surface area contributed by atoms with Crippen molar-refractivity contribution >= 4 is 28.8 Å². The van der Waals surface area contributed by atoms with Gasteiger partial charge in [0.2, 0.25) is 0 Å². The van der Waals surface area contributed by atoms with Gasteiger partial charge in [-0.15, -0.1) is 11.3 Å². The van der Waals surface area contributed by atoms with Gasteiger partial charge >= 0.3 is 0 Å². The number of aliphatic hydroxyl groups is 1. The highest BCUT2D eigenvalue weighted by Crippen LogP contribution is 2.31. The fourth-order valence-electron chi connectivity index (χ4n) is 1.44. The van der Waals surface area contributed by atoms with Gasteiger partial charge in [-0.2, -0.15) is 0 Å². The van der Waals surface area contributed by atoms with E-state index >= 15 is 0 Å². The van der Waals surface area contributed by atoms with E-state index in [4.69, 9.17) is 17.3 Å². The van der Waals surface area contributed by atoms with Crippen molar-refractivity contribution in [3.05, 3.63) is 44.7 Å².